The Hall–Kier alpha value is 0.140. The van der Waals surface area contributed by atoms with Crippen LogP contribution in [0.2, 0.25) is 0 Å². The van der Waals surface area contributed by atoms with Crippen LogP contribution in [0.25, 0.3) is 0 Å². The molecule has 72 valence electrons. The normalized spacial score (nSPS) is 24.7. The van der Waals surface area contributed by atoms with Gasteiger partial charge in [-0.15, -0.1) is 11.3 Å². The maximum Gasteiger partial charge on any atom is 0.0701 e. The third kappa shape index (κ3) is 2.33. The fourth-order valence-corrected chi connectivity index (χ4v) is 2.70. The average molecular weight is 260 g/mol. The number of halogens is 1. The monoisotopic (exact) mass is 259 g/mol. The van der Waals surface area contributed by atoms with Gasteiger partial charge < -0.3 is 5.32 Å². The van der Waals surface area contributed by atoms with Gasteiger partial charge in [-0.3, -0.25) is 0 Å². The van der Waals surface area contributed by atoms with E-state index in [2.05, 4.69) is 46.5 Å². The summed E-state index contributed by atoms with van der Waals surface area (Å²) in [4.78, 5) is 0. The third-order valence-corrected chi connectivity index (χ3v) is 4.24. The molecule has 0 amide bonds. The van der Waals surface area contributed by atoms with Gasteiger partial charge in [-0.1, -0.05) is 13.8 Å². The molecule has 2 rings (SSSR count). The van der Waals surface area contributed by atoms with Crippen LogP contribution in [0.4, 0.5) is 0 Å². The molecule has 0 aromatic carbocycles. The van der Waals surface area contributed by atoms with Crippen molar-refractivity contribution < 1.29 is 0 Å². The molecule has 3 heteroatoms. The van der Waals surface area contributed by atoms with Gasteiger partial charge in [0.25, 0.3) is 0 Å². The molecule has 1 saturated carbocycles. The summed E-state index contributed by atoms with van der Waals surface area (Å²) in [6.07, 6.45) is 1.32. The summed E-state index contributed by atoms with van der Waals surface area (Å²) in [5.41, 5.74) is 1.92. The molecule has 1 aliphatic carbocycles. The quantitative estimate of drug-likeness (QED) is 0.878. The lowest BCUT2D eigenvalue weighted by Crippen LogP contribution is -2.19. The van der Waals surface area contributed by atoms with E-state index in [0.717, 1.165) is 12.6 Å². The Bertz CT molecular complexity index is 306. The third-order valence-electron chi connectivity index (χ3n) is 2.69. The Morgan fingerprint density at radius 2 is 2.38 bits per heavy atom. The molecular formula is C10H14BrNS. The number of nitrogens with one attached hydrogen (secondary N) is 1. The zero-order chi connectivity index (χ0) is 9.47. The molecule has 1 aromatic rings. The predicted molar refractivity (Wildman–Crippen MR) is 61.0 cm³/mol. The van der Waals surface area contributed by atoms with Crippen LogP contribution in [0.5, 0.6) is 0 Å². The molecule has 1 nitrogen and oxygen atoms in total. The van der Waals surface area contributed by atoms with E-state index in [1.54, 1.807) is 11.3 Å². The molecule has 0 saturated heterocycles. The first-order valence-corrected chi connectivity index (χ1v) is 6.21. The zero-order valence-electron chi connectivity index (χ0n) is 7.93. The Morgan fingerprint density at radius 3 is 2.85 bits per heavy atom. The van der Waals surface area contributed by atoms with Crippen molar-refractivity contribution in [2.45, 2.75) is 32.9 Å². The summed E-state index contributed by atoms with van der Waals surface area (Å²) in [5, 5.41) is 5.76. The van der Waals surface area contributed by atoms with E-state index in [1.165, 1.54) is 15.8 Å². The van der Waals surface area contributed by atoms with E-state index in [9.17, 15) is 0 Å². The SMILES string of the molecule is CC1(C)CC1NCc1csc(Br)c1. The van der Waals surface area contributed by atoms with Crippen LogP contribution in [0.1, 0.15) is 25.8 Å². The van der Waals surface area contributed by atoms with Gasteiger partial charge in [-0.25, -0.2) is 0 Å². The van der Waals surface area contributed by atoms with Crippen LogP contribution in [-0.2, 0) is 6.54 Å². The summed E-state index contributed by atoms with van der Waals surface area (Å²) in [7, 11) is 0. The Kier molecular flexibility index (Phi) is 2.51. The van der Waals surface area contributed by atoms with Crippen LogP contribution in [0.15, 0.2) is 15.2 Å². The van der Waals surface area contributed by atoms with Crippen molar-refractivity contribution in [2.24, 2.45) is 5.41 Å². The van der Waals surface area contributed by atoms with Gasteiger partial charge in [0.2, 0.25) is 0 Å². The van der Waals surface area contributed by atoms with Gasteiger partial charge in [-0.2, -0.15) is 0 Å². The number of hydrogen-bond donors (Lipinski definition) is 1. The van der Waals surface area contributed by atoms with Crippen LogP contribution in [0.3, 0.4) is 0 Å². The molecular weight excluding hydrogens is 246 g/mol. The van der Waals surface area contributed by atoms with Crippen LogP contribution in [0, 0.1) is 5.41 Å². The van der Waals surface area contributed by atoms with Gasteiger partial charge in [0, 0.05) is 12.6 Å². The topological polar surface area (TPSA) is 12.0 Å². The summed E-state index contributed by atoms with van der Waals surface area (Å²) in [6.45, 7) is 5.64. The van der Waals surface area contributed by atoms with E-state index in [0.29, 0.717) is 5.41 Å². The van der Waals surface area contributed by atoms with Crippen molar-refractivity contribution in [1.82, 2.24) is 5.32 Å². The first kappa shape index (κ1) is 9.69. The van der Waals surface area contributed by atoms with E-state index in [-0.39, 0.29) is 0 Å². The molecule has 1 atom stereocenters. The van der Waals surface area contributed by atoms with Gasteiger partial charge in [0.15, 0.2) is 0 Å². The predicted octanol–water partition coefficient (Wildman–Crippen LogP) is 3.40. The van der Waals surface area contributed by atoms with Gasteiger partial charge in [0.05, 0.1) is 3.79 Å². The summed E-state index contributed by atoms with van der Waals surface area (Å²) in [5.74, 6) is 0. The molecule has 0 aliphatic heterocycles. The molecule has 1 unspecified atom stereocenters. The van der Waals surface area contributed by atoms with E-state index in [1.807, 2.05) is 0 Å². The minimum absolute atomic E-state index is 0.535. The fourth-order valence-electron chi connectivity index (χ4n) is 1.50. The minimum Gasteiger partial charge on any atom is -0.309 e. The summed E-state index contributed by atoms with van der Waals surface area (Å²) >= 11 is 5.22. The average Bonchev–Trinajstić information content (AvgIpc) is 2.45. The molecule has 1 fully saturated rings. The molecule has 0 bridgehead atoms. The lowest BCUT2D eigenvalue weighted by atomic mass is 10.2. The van der Waals surface area contributed by atoms with E-state index < -0.39 is 0 Å². The van der Waals surface area contributed by atoms with Crippen LogP contribution in [-0.4, -0.2) is 6.04 Å². The molecule has 0 radical (unpaired) electrons. The fraction of sp³-hybridized carbons (Fsp3) is 0.600. The van der Waals surface area contributed by atoms with Crippen molar-refractivity contribution in [3.63, 3.8) is 0 Å². The first-order chi connectivity index (χ1) is 6.08. The maximum absolute atomic E-state index is 3.56. The highest BCUT2D eigenvalue weighted by Crippen LogP contribution is 2.44. The zero-order valence-corrected chi connectivity index (χ0v) is 10.3. The maximum atomic E-state index is 3.56. The second-order valence-electron chi connectivity index (χ2n) is 4.39. The molecule has 1 aliphatic rings. The van der Waals surface area contributed by atoms with Crippen molar-refractivity contribution in [1.29, 1.82) is 0 Å². The Labute approximate surface area is 91.7 Å². The van der Waals surface area contributed by atoms with Crippen LogP contribution >= 0.6 is 27.3 Å². The molecule has 1 heterocycles. The second kappa shape index (κ2) is 3.37. The molecule has 0 spiro atoms. The van der Waals surface area contributed by atoms with Crippen molar-refractivity contribution in [3.05, 3.63) is 20.8 Å². The molecule has 1 N–H and O–H groups in total. The number of hydrogen-bond acceptors (Lipinski definition) is 2. The Morgan fingerprint density at radius 1 is 1.69 bits per heavy atom. The summed E-state index contributed by atoms with van der Waals surface area (Å²) < 4.78 is 1.22. The minimum atomic E-state index is 0.535. The van der Waals surface area contributed by atoms with Gasteiger partial charge in [-0.05, 0) is 44.8 Å². The van der Waals surface area contributed by atoms with Crippen molar-refractivity contribution in [3.8, 4) is 0 Å². The van der Waals surface area contributed by atoms with Crippen molar-refractivity contribution >= 4 is 27.3 Å². The van der Waals surface area contributed by atoms with Crippen LogP contribution < -0.4 is 5.32 Å². The lowest BCUT2D eigenvalue weighted by molar-refractivity contribution is 0.542. The largest absolute Gasteiger partial charge is 0.309 e. The number of rotatable bonds is 3. The highest BCUT2D eigenvalue weighted by atomic mass is 79.9. The lowest BCUT2D eigenvalue weighted by Gasteiger charge is -2.04. The molecule has 13 heavy (non-hydrogen) atoms. The molecule has 1 aromatic heterocycles. The van der Waals surface area contributed by atoms with Crippen molar-refractivity contribution in [2.75, 3.05) is 0 Å². The number of thiophene rings is 1. The van der Waals surface area contributed by atoms with Gasteiger partial charge in [0.1, 0.15) is 0 Å². The smallest absolute Gasteiger partial charge is 0.0701 e. The highest BCUT2D eigenvalue weighted by Gasteiger charge is 2.44. The standard InChI is InChI=1S/C10H14BrNS/c1-10(2)4-8(10)12-5-7-3-9(11)13-6-7/h3,6,8,12H,4-5H2,1-2H3. The van der Waals surface area contributed by atoms with Gasteiger partial charge >= 0.3 is 0 Å². The second-order valence-corrected chi connectivity index (χ2v) is 6.68. The first-order valence-electron chi connectivity index (χ1n) is 4.54. The summed E-state index contributed by atoms with van der Waals surface area (Å²) in [6, 6.07) is 2.92. The van der Waals surface area contributed by atoms with E-state index >= 15 is 0 Å². The Balaban J connectivity index is 1.81. The van der Waals surface area contributed by atoms with E-state index in [4.69, 9.17) is 0 Å². The highest BCUT2D eigenvalue weighted by molar-refractivity contribution is 9.11.